The fraction of sp³-hybridized carbons (Fsp3) is 0.455. The van der Waals surface area contributed by atoms with Crippen molar-refractivity contribution in [2.45, 2.75) is 25.7 Å². The molecular weight excluding hydrogens is 228 g/mol. The van der Waals surface area contributed by atoms with Gasteiger partial charge < -0.3 is 10.8 Å². The molecular formula is C11H13ClN2O2. The summed E-state index contributed by atoms with van der Waals surface area (Å²) in [5.74, 6) is -0.405. The fourth-order valence-corrected chi connectivity index (χ4v) is 1.95. The lowest BCUT2D eigenvalue weighted by Gasteiger charge is -2.10. The van der Waals surface area contributed by atoms with Crippen molar-refractivity contribution in [2.75, 3.05) is 0 Å². The van der Waals surface area contributed by atoms with E-state index in [4.69, 9.17) is 22.4 Å². The van der Waals surface area contributed by atoms with Crippen LogP contribution in [0.5, 0.6) is 0 Å². The molecule has 0 saturated heterocycles. The van der Waals surface area contributed by atoms with Crippen LogP contribution in [0.15, 0.2) is 27.5 Å². The maximum absolute atomic E-state index is 10.9. The van der Waals surface area contributed by atoms with Gasteiger partial charge in [0.05, 0.1) is 10.6 Å². The number of aliphatic carboxylic acids is 1. The number of rotatable bonds is 2. The number of carboxylic acids is 1. The Balaban J connectivity index is 2.34. The van der Waals surface area contributed by atoms with Crippen molar-refractivity contribution in [3.63, 3.8) is 0 Å². The van der Waals surface area contributed by atoms with Crippen molar-refractivity contribution >= 4 is 23.3 Å². The highest BCUT2D eigenvalue weighted by molar-refractivity contribution is 6.35. The zero-order valence-corrected chi connectivity index (χ0v) is 9.50. The first-order valence-electron chi connectivity index (χ1n) is 5.26. The van der Waals surface area contributed by atoms with Crippen LogP contribution >= 0.6 is 11.6 Å². The zero-order chi connectivity index (χ0) is 11.7. The number of carboxylic acid groups (broad SMARTS) is 1. The molecule has 2 aliphatic rings. The highest BCUT2D eigenvalue weighted by Crippen LogP contribution is 2.34. The molecule has 0 aromatic rings. The van der Waals surface area contributed by atoms with Crippen LogP contribution in [-0.4, -0.2) is 16.8 Å². The highest BCUT2D eigenvalue weighted by atomic mass is 35.5. The van der Waals surface area contributed by atoms with Crippen LogP contribution in [0.1, 0.15) is 25.7 Å². The van der Waals surface area contributed by atoms with Gasteiger partial charge >= 0.3 is 5.97 Å². The number of carbonyl (C=O) groups is 1. The summed E-state index contributed by atoms with van der Waals surface area (Å²) in [6, 6.07) is 0. The second kappa shape index (κ2) is 4.29. The lowest BCUT2D eigenvalue weighted by Crippen LogP contribution is -2.12. The Morgan fingerprint density at radius 1 is 1.56 bits per heavy atom. The van der Waals surface area contributed by atoms with Crippen molar-refractivity contribution in [1.82, 2.24) is 0 Å². The molecule has 0 aromatic carbocycles. The molecule has 0 amide bonds. The predicted octanol–water partition coefficient (Wildman–Crippen LogP) is 2.01. The number of halogens is 1. The summed E-state index contributed by atoms with van der Waals surface area (Å²) >= 11 is 5.89. The third-order valence-electron chi connectivity index (χ3n) is 2.75. The third kappa shape index (κ3) is 2.27. The second-order valence-corrected chi connectivity index (χ2v) is 4.42. The monoisotopic (exact) mass is 240 g/mol. The molecule has 5 heteroatoms. The number of allylic oxidation sites excluding steroid dienone is 1. The summed E-state index contributed by atoms with van der Waals surface area (Å²) in [4.78, 5) is 15.2. The van der Waals surface area contributed by atoms with Gasteiger partial charge in [0.15, 0.2) is 0 Å². The molecule has 86 valence electrons. The Hall–Kier alpha value is -1.29. The molecule has 1 aliphatic heterocycles. The average Bonchev–Trinajstić information content (AvgIpc) is 3.02. The van der Waals surface area contributed by atoms with E-state index in [2.05, 4.69) is 4.99 Å². The first kappa shape index (κ1) is 11.2. The number of hydrogen-bond donors (Lipinski definition) is 2. The summed E-state index contributed by atoms with van der Waals surface area (Å²) in [5, 5.41) is 8.99. The van der Waals surface area contributed by atoms with Crippen molar-refractivity contribution in [1.29, 1.82) is 0 Å². The topological polar surface area (TPSA) is 75.7 Å². The minimum Gasteiger partial charge on any atom is -0.478 e. The smallest absolute Gasteiger partial charge is 0.337 e. The van der Waals surface area contributed by atoms with Gasteiger partial charge in [0.1, 0.15) is 5.82 Å². The lowest BCUT2D eigenvalue weighted by molar-refractivity contribution is -0.132. The van der Waals surface area contributed by atoms with Crippen molar-refractivity contribution in [2.24, 2.45) is 16.6 Å². The standard InChI is InChI=1S/C11H13ClN2O2/c12-9-7(11(15)16)2-1-3-8(6-4-5-6)14-10(9)13/h2,6H,1,3-5,13H2,(H,15,16). The summed E-state index contributed by atoms with van der Waals surface area (Å²) in [6.07, 6.45) is 5.35. The number of nitrogens with zero attached hydrogens (tertiary/aromatic N) is 1. The van der Waals surface area contributed by atoms with E-state index in [1.54, 1.807) is 6.08 Å². The largest absolute Gasteiger partial charge is 0.478 e. The molecule has 1 heterocycles. The molecule has 0 spiro atoms. The van der Waals surface area contributed by atoms with Gasteiger partial charge in [-0.15, -0.1) is 0 Å². The number of hydrogen-bond acceptors (Lipinski definition) is 3. The molecule has 0 aromatic heterocycles. The van der Waals surface area contributed by atoms with Crippen LogP contribution < -0.4 is 5.73 Å². The molecule has 1 fully saturated rings. The van der Waals surface area contributed by atoms with Gasteiger partial charge in [-0.1, -0.05) is 17.7 Å². The van der Waals surface area contributed by atoms with Crippen molar-refractivity contribution in [3.05, 3.63) is 22.5 Å². The summed E-state index contributed by atoms with van der Waals surface area (Å²) in [5.41, 5.74) is 6.79. The maximum Gasteiger partial charge on any atom is 0.337 e. The predicted molar refractivity (Wildman–Crippen MR) is 62.2 cm³/mol. The molecule has 0 unspecified atom stereocenters. The maximum atomic E-state index is 10.9. The summed E-state index contributed by atoms with van der Waals surface area (Å²) < 4.78 is 0. The minimum absolute atomic E-state index is 0.0466. The summed E-state index contributed by atoms with van der Waals surface area (Å²) in [6.45, 7) is 0. The number of nitrogens with two attached hydrogens (primary N) is 1. The second-order valence-electron chi connectivity index (χ2n) is 4.04. The molecule has 0 radical (unpaired) electrons. The molecule has 1 aliphatic carbocycles. The van der Waals surface area contributed by atoms with E-state index in [-0.39, 0.29) is 16.4 Å². The van der Waals surface area contributed by atoms with E-state index in [0.717, 1.165) is 25.0 Å². The van der Waals surface area contributed by atoms with E-state index in [1.165, 1.54) is 0 Å². The van der Waals surface area contributed by atoms with Crippen LogP contribution in [0.2, 0.25) is 0 Å². The van der Waals surface area contributed by atoms with E-state index in [9.17, 15) is 4.79 Å². The first-order chi connectivity index (χ1) is 7.59. The Bertz CT molecular complexity index is 420. The van der Waals surface area contributed by atoms with Crippen molar-refractivity contribution in [3.8, 4) is 0 Å². The van der Waals surface area contributed by atoms with E-state index < -0.39 is 5.97 Å². The van der Waals surface area contributed by atoms with Gasteiger partial charge in [-0.2, -0.15) is 0 Å². The normalized spacial score (nSPS) is 22.1. The minimum atomic E-state index is -1.06. The molecule has 4 nitrogen and oxygen atoms in total. The van der Waals surface area contributed by atoms with Crippen LogP contribution in [0, 0.1) is 5.92 Å². The van der Waals surface area contributed by atoms with Crippen LogP contribution in [0.4, 0.5) is 0 Å². The molecule has 0 bridgehead atoms. The number of aliphatic imine (C=N–C) groups is 1. The highest BCUT2D eigenvalue weighted by Gasteiger charge is 2.28. The molecule has 0 atom stereocenters. The van der Waals surface area contributed by atoms with Gasteiger partial charge in [-0.25, -0.2) is 9.79 Å². The third-order valence-corrected chi connectivity index (χ3v) is 3.15. The van der Waals surface area contributed by atoms with Gasteiger partial charge in [-0.3, -0.25) is 0 Å². The SMILES string of the molecule is NC1=C(Cl)C(C(=O)O)=CCCC(C2CC2)=N1. The van der Waals surface area contributed by atoms with Crippen molar-refractivity contribution < 1.29 is 9.90 Å². The molecule has 16 heavy (non-hydrogen) atoms. The average molecular weight is 241 g/mol. The van der Waals surface area contributed by atoms with Gasteiger partial charge in [0, 0.05) is 5.71 Å². The first-order valence-corrected chi connectivity index (χ1v) is 5.64. The van der Waals surface area contributed by atoms with E-state index in [0.29, 0.717) is 12.3 Å². The van der Waals surface area contributed by atoms with Gasteiger partial charge in [-0.05, 0) is 31.6 Å². The molecule has 1 saturated carbocycles. The molecule has 3 N–H and O–H groups in total. The van der Waals surface area contributed by atoms with E-state index >= 15 is 0 Å². The summed E-state index contributed by atoms with van der Waals surface area (Å²) in [7, 11) is 0. The lowest BCUT2D eigenvalue weighted by atomic mass is 10.1. The van der Waals surface area contributed by atoms with Crippen LogP contribution in [0.25, 0.3) is 0 Å². The Labute approximate surface area is 98.5 Å². The quantitative estimate of drug-likeness (QED) is 0.775. The Kier molecular flexibility index (Phi) is 3.01. The van der Waals surface area contributed by atoms with Crippen LogP contribution in [-0.2, 0) is 4.79 Å². The Morgan fingerprint density at radius 3 is 2.81 bits per heavy atom. The zero-order valence-electron chi connectivity index (χ0n) is 8.74. The van der Waals surface area contributed by atoms with E-state index in [1.807, 2.05) is 0 Å². The van der Waals surface area contributed by atoms with Gasteiger partial charge in [0.2, 0.25) is 0 Å². The Morgan fingerprint density at radius 2 is 2.25 bits per heavy atom. The fourth-order valence-electron chi connectivity index (χ4n) is 1.74. The van der Waals surface area contributed by atoms with Gasteiger partial charge in [0.25, 0.3) is 0 Å². The van der Waals surface area contributed by atoms with Crippen LogP contribution in [0.3, 0.4) is 0 Å². The molecule has 2 rings (SSSR count).